The topological polar surface area (TPSA) is 47.7 Å². The van der Waals surface area contributed by atoms with Crippen molar-refractivity contribution in [1.29, 1.82) is 0 Å². The molecule has 4 heteroatoms. The van der Waals surface area contributed by atoms with Gasteiger partial charge in [-0.3, -0.25) is 4.90 Å². The van der Waals surface area contributed by atoms with Gasteiger partial charge in [0.15, 0.2) is 0 Å². The second-order valence-electron chi connectivity index (χ2n) is 3.68. The Morgan fingerprint density at radius 1 is 1.46 bits per heavy atom. The van der Waals surface area contributed by atoms with E-state index in [1.54, 1.807) is 0 Å². The zero-order valence-electron chi connectivity index (χ0n) is 8.37. The first-order chi connectivity index (χ1) is 6.33. The predicted molar refractivity (Wildman–Crippen MR) is 51.2 cm³/mol. The SMILES string of the molecule is CC(CCN1CCOCC1)CON. The third kappa shape index (κ3) is 4.57. The van der Waals surface area contributed by atoms with Gasteiger partial charge in [0, 0.05) is 13.1 Å². The summed E-state index contributed by atoms with van der Waals surface area (Å²) in [6.07, 6.45) is 1.15. The Morgan fingerprint density at radius 2 is 2.15 bits per heavy atom. The first-order valence-corrected chi connectivity index (χ1v) is 4.94. The van der Waals surface area contributed by atoms with Crippen LogP contribution in [0.1, 0.15) is 13.3 Å². The first kappa shape index (κ1) is 10.9. The van der Waals surface area contributed by atoms with Crippen LogP contribution in [0.4, 0.5) is 0 Å². The lowest BCUT2D eigenvalue weighted by atomic mass is 10.1. The van der Waals surface area contributed by atoms with Gasteiger partial charge in [0.2, 0.25) is 0 Å². The van der Waals surface area contributed by atoms with Gasteiger partial charge in [-0.25, -0.2) is 5.90 Å². The van der Waals surface area contributed by atoms with Gasteiger partial charge >= 0.3 is 0 Å². The maximum absolute atomic E-state index is 5.27. The van der Waals surface area contributed by atoms with Crippen LogP contribution in [0.5, 0.6) is 0 Å². The summed E-state index contributed by atoms with van der Waals surface area (Å²) in [7, 11) is 0. The Kier molecular flexibility index (Phi) is 5.31. The fourth-order valence-corrected chi connectivity index (χ4v) is 1.48. The zero-order chi connectivity index (χ0) is 9.52. The van der Waals surface area contributed by atoms with E-state index in [4.69, 9.17) is 10.6 Å². The van der Waals surface area contributed by atoms with Crippen LogP contribution in [0.15, 0.2) is 0 Å². The monoisotopic (exact) mass is 188 g/mol. The van der Waals surface area contributed by atoms with Crippen LogP contribution >= 0.6 is 0 Å². The van der Waals surface area contributed by atoms with Crippen molar-refractivity contribution in [2.24, 2.45) is 11.8 Å². The summed E-state index contributed by atoms with van der Waals surface area (Å²) in [4.78, 5) is 7.03. The van der Waals surface area contributed by atoms with E-state index in [2.05, 4.69) is 16.7 Å². The summed E-state index contributed by atoms with van der Waals surface area (Å²) < 4.78 is 5.27. The molecule has 0 aromatic carbocycles. The van der Waals surface area contributed by atoms with E-state index in [1.807, 2.05) is 0 Å². The molecule has 1 heterocycles. The maximum Gasteiger partial charge on any atom is 0.0705 e. The van der Waals surface area contributed by atoms with Crippen molar-refractivity contribution in [3.63, 3.8) is 0 Å². The van der Waals surface area contributed by atoms with Gasteiger partial charge in [-0.05, 0) is 18.9 Å². The van der Waals surface area contributed by atoms with E-state index >= 15 is 0 Å². The van der Waals surface area contributed by atoms with Crippen LogP contribution in [0.3, 0.4) is 0 Å². The molecule has 0 amide bonds. The summed E-state index contributed by atoms with van der Waals surface area (Å²) in [6, 6.07) is 0. The molecule has 0 radical (unpaired) electrons. The number of nitrogens with two attached hydrogens (primary N) is 1. The highest BCUT2D eigenvalue weighted by atomic mass is 16.6. The Hall–Kier alpha value is -0.160. The molecule has 1 aliphatic rings. The lowest BCUT2D eigenvalue weighted by Gasteiger charge is -2.27. The van der Waals surface area contributed by atoms with E-state index in [0.717, 1.165) is 39.3 Å². The Bertz CT molecular complexity index is 127. The smallest absolute Gasteiger partial charge is 0.0705 e. The third-order valence-corrected chi connectivity index (χ3v) is 2.42. The van der Waals surface area contributed by atoms with Crippen molar-refractivity contribution in [2.75, 3.05) is 39.5 Å². The van der Waals surface area contributed by atoms with Crippen LogP contribution in [0.25, 0.3) is 0 Å². The van der Waals surface area contributed by atoms with E-state index in [0.29, 0.717) is 12.5 Å². The molecule has 0 aromatic rings. The number of hydrogen-bond donors (Lipinski definition) is 1. The molecule has 1 unspecified atom stereocenters. The molecule has 78 valence electrons. The molecule has 2 N–H and O–H groups in total. The predicted octanol–water partition coefficient (Wildman–Crippen LogP) is 0.235. The van der Waals surface area contributed by atoms with Crippen molar-refractivity contribution in [3.8, 4) is 0 Å². The molecule has 0 spiro atoms. The molecular formula is C9H20N2O2. The normalized spacial score (nSPS) is 21.7. The fourth-order valence-electron chi connectivity index (χ4n) is 1.48. The van der Waals surface area contributed by atoms with Gasteiger partial charge in [-0.15, -0.1) is 0 Å². The minimum absolute atomic E-state index is 0.549. The Labute approximate surface area is 79.9 Å². The van der Waals surface area contributed by atoms with E-state index in [1.165, 1.54) is 0 Å². The summed E-state index contributed by atoms with van der Waals surface area (Å²) in [6.45, 7) is 7.83. The van der Waals surface area contributed by atoms with Crippen molar-refractivity contribution in [1.82, 2.24) is 4.90 Å². The van der Waals surface area contributed by atoms with Crippen LogP contribution in [0, 0.1) is 5.92 Å². The molecule has 0 aromatic heterocycles. The highest BCUT2D eigenvalue weighted by Crippen LogP contribution is 2.05. The minimum atomic E-state index is 0.549. The van der Waals surface area contributed by atoms with Crippen LogP contribution in [-0.4, -0.2) is 44.4 Å². The summed E-state index contributed by atoms with van der Waals surface area (Å²) >= 11 is 0. The molecular weight excluding hydrogens is 168 g/mol. The van der Waals surface area contributed by atoms with Gasteiger partial charge in [-0.2, -0.15) is 0 Å². The van der Waals surface area contributed by atoms with Crippen molar-refractivity contribution < 1.29 is 9.57 Å². The molecule has 1 saturated heterocycles. The average molecular weight is 188 g/mol. The van der Waals surface area contributed by atoms with Gasteiger partial charge in [0.25, 0.3) is 0 Å². The van der Waals surface area contributed by atoms with Crippen LogP contribution in [0.2, 0.25) is 0 Å². The van der Waals surface area contributed by atoms with Gasteiger partial charge in [-0.1, -0.05) is 6.92 Å². The highest BCUT2D eigenvalue weighted by Gasteiger charge is 2.11. The van der Waals surface area contributed by atoms with Crippen LogP contribution < -0.4 is 5.90 Å². The molecule has 0 saturated carbocycles. The van der Waals surface area contributed by atoms with Crippen molar-refractivity contribution in [3.05, 3.63) is 0 Å². The molecule has 13 heavy (non-hydrogen) atoms. The molecule has 1 aliphatic heterocycles. The molecule has 1 atom stereocenters. The van der Waals surface area contributed by atoms with Crippen molar-refractivity contribution >= 4 is 0 Å². The molecule has 1 rings (SSSR count). The largest absolute Gasteiger partial charge is 0.379 e. The summed E-state index contributed by atoms with van der Waals surface area (Å²) in [5.74, 6) is 5.55. The molecule has 4 nitrogen and oxygen atoms in total. The highest BCUT2D eigenvalue weighted by molar-refractivity contribution is 4.63. The molecule has 0 aliphatic carbocycles. The van der Waals surface area contributed by atoms with Gasteiger partial charge < -0.3 is 9.57 Å². The third-order valence-electron chi connectivity index (χ3n) is 2.42. The first-order valence-electron chi connectivity index (χ1n) is 4.94. The Morgan fingerprint density at radius 3 is 2.77 bits per heavy atom. The number of nitrogens with zero attached hydrogens (tertiary/aromatic N) is 1. The van der Waals surface area contributed by atoms with E-state index in [-0.39, 0.29) is 0 Å². The van der Waals surface area contributed by atoms with Gasteiger partial charge in [0.05, 0.1) is 19.8 Å². The number of ether oxygens (including phenoxy) is 1. The maximum atomic E-state index is 5.27. The number of rotatable bonds is 5. The lowest BCUT2D eigenvalue weighted by Crippen LogP contribution is -2.37. The molecule has 1 fully saturated rings. The Balaban J connectivity index is 2.03. The quantitative estimate of drug-likeness (QED) is 0.628. The fraction of sp³-hybridized carbons (Fsp3) is 1.00. The summed E-state index contributed by atoms with van der Waals surface area (Å²) in [5, 5.41) is 0. The number of hydrogen-bond acceptors (Lipinski definition) is 4. The minimum Gasteiger partial charge on any atom is -0.379 e. The van der Waals surface area contributed by atoms with Crippen LogP contribution in [-0.2, 0) is 9.57 Å². The second kappa shape index (κ2) is 6.32. The number of morpholine rings is 1. The van der Waals surface area contributed by atoms with E-state index < -0.39 is 0 Å². The standard InChI is InChI=1S/C9H20N2O2/c1-9(8-13-10)2-3-11-4-6-12-7-5-11/h9H,2-8,10H2,1H3. The average Bonchev–Trinajstić information content (AvgIpc) is 2.17. The second-order valence-corrected chi connectivity index (χ2v) is 3.68. The van der Waals surface area contributed by atoms with Crippen molar-refractivity contribution in [2.45, 2.75) is 13.3 Å². The summed E-state index contributed by atoms with van der Waals surface area (Å²) in [5.41, 5.74) is 0. The van der Waals surface area contributed by atoms with E-state index in [9.17, 15) is 0 Å². The zero-order valence-corrected chi connectivity index (χ0v) is 8.37. The van der Waals surface area contributed by atoms with Gasteiger partial charge in [0.1, 0.15) is 0 Å². The lowest BCUT2D eigenvalue weighted by molar-refractivity contribution is 0.0319. The molecule has 0 bridgehead atoms.